The number of halogens is 1. The van der Waals surface area contributed by atoms with Crippen molar-refractivity contribution in [2.24, 2.45) is 7.05 Å². The van der Waals surface area contributed by atoms with Crippen LogP contribution in [-0.2, 0) is 7.05 Å². The first-order valence-electron chi connectivity index (χ1n) is 5.60. The zero-order valence-corrected chi connectivity index (χ0v) is 10.8. The number of H-pyrrole nitrogens is 1. The van der Waals surface area contributed by atoms with Gasteiger partial charge in [0.15, 0.2) is 0 Å². The fraction of sp³-hybridized carbons (Fsp3) is 0.0769. The summed E-state index contributed by atoms with van der Waals surface area (Å²) in [6.07, 6.45) is 1.80. The van der Waals surface area contributed by atoms with E-state index in [0.29, 0.717) is 10.7 Å². The van der Waals surface area contributed by atoms with Gasteiger partial charge < -0.3 is 10.1 Å². The maximum atomic E-state index is 11.0. The number of hydrogen-bond acceptors (Lipinski definition) is 2. The molecule has 96 valence electrons. The molecular weight excluding hydrogens is 266 g/mol. The van der Waals surface area contributed by atoms with E-state index in [1.807, 2.05) is 12.1 Å². The van der Waals surface area contributed by atoms with Crippen molar-refractivity contribution in [3.05, 3.63) is 41.2 Å². The Bertz CT molecular complexity index is 788. The summed E-state index contributed by atoms with van der Waals surface area (Å²) < 4.78 is 1.35. The molecule has 0 bridgehead atoms. The Labute approximate surface area is 113 Å². The Morgan fingerprint density at radius 1 is 1.42 bits per heavy atom. The number of carboxylic acids is 1. The number of nitrogens with zero attached hydrogens (tertiary/aromatic N) is 2. The van der Waals surface area contributed by atoms with Crippen molar-refractivity contribution in [1.29, 1.82) is 0 Å². The minimum absolute atomic E-state index is 0.151. The third-order valence-corrected chi connectivity index (χ3v) is 3.25. The lowest BCUT2D eigenvalue weighted by Gasteiger charge is -1.95. The van der Waals surface area contributed by atoms with Gasteiger partial charge in [-0.15, -0.1) is 0 Å². The summed E-state index contributed by atoms with van der Waals surface area (Å²) in [6.45, 7) is 0. The molecule has 5 nitrogen and oxygen atoms in total. The van der Waals surface area contributed by atoms with Crippen LogP contribution in [0.5, 0.6) is 0 Å². The zero-order valence-electron chi connectivity index (χ0n) is 10.0. The number of aromatic amines is 1. The second-order valence-electron chi connectivity index (χ2n) is 4.24. The molecule has 2 aromatic heterocycles. The number of carbonyl (C=O) groups is 1. The van der Waals surface area contributed by atoms with Crippen LogP contribution in [0.2, 0.25) is 5.02 Å². The highest BCUT2D eigenvalue weighted by atomic mass is 35.5. The van der Waals surface area contributed by atoms with Crippen LogP contribution >= 0.6 is 11.6 Å². The molecule has 3 rings (SSSR count). The number of hydrogen-bond donors (Lipinski definition) is 2. The molecule has 19 heavy (non-hydrogen) atoms. The number of carboxylic acid groups (broad SMARTS) is 1. The van der Waals surface area contributed by atoms with E-state index in [-0.39, 0.29) is 5.69 Å². The van der Waals surface area contributed by atoms with Gasteiger partial charge in [-0.1, -0.05) is 17.7 Å². The molecular formula is C13H10ClN3O2. The SMILES string of the molecule is Cn1nc(-c2c[nH]c3cc(Cl)ccc23)cc1C(=O)O. The summed E-state index contributed by atoms with van der Waals surface area (Å²) in [5, 5.41) is 14.9. The summed E-state index contributed by atoms with van der Waals surface area (Å²) in [6, 6.07) is 7.06. The molecule has 0 spiro atoms. The number of aromatic carboxylic acids is 1. The molecule has 0 aliphatic heterocycles. The van der Waals surface area contributed by atoms with Crippen LogP contribution in [0.4, 0.5) is 0 Å². The van der Waals surface area contributed by atoms with Crippen molar-refractivity contribution >= 4 is 28.5 Å². The third kappa shape index (κ3) is 1.88. The lowest BCUT2D eigenvalue weighted by atomic mass is 10.1. The average Bonchev–Trinajstić information content (AvgIpc) is 2.91. The lowest BCUT2D eigenvalue weighted by Crippen LogP contribution is -2.04. The van der Waals surface area contributed by atoms with Crippen LogP contribution in [0.3, 0.4) is 0 Å². The van der Waals surface area contributed by atoms with E-state index >= 15 is 0 Å². The summed E-state index contributed by atoms with van der Waals surface area (Å²) in [4.78, 5) is 14.1. The van der Waals surface area contributed by atoms with Crippen molar-refractivity contribution in [2.75, 3.05) is 0 Å². The monoisotopic (exact) mass is 275 g/mol. The molecule has 0 atom stereocenters. The van der Waals surface area contributed by atoms with Crippen LogP contribution in [0.1, 0.15) is 10.5 Å². The summed E-state index contributed by atoms with van der Waals surface area (Å²) in [5.74, 6) is -0.996. The molecule has 0 amide bonds. The van der Waals surface area contributed by atoms with Gasteiger partial charge in [-0.2, -0.15) is 5.10 Å². The van der Waals surface area contributed by atoms with Crippen LogP contribution in [0.15, 0.2) is 30.5 Å². The smallest absolute Gasteiger partial charge is 0.354 e. The van der Waals surface area contributed by atoms with E-state index < -0.39 is 5.97 Å². The highest BCUT2D eigenvalue weighted by molar-refractivity contribution is 6.31. The molecule has 0 fully saturated rings. The van der Waals surface area contributed by atoms with E-state index in [4.69, 9.17) is 16.7 Å². The molecule has 0 aliphatic rings. The lowest BCUT2D eigenvalue weighted by molar-refractivity contribution is 0.0685. The molecule has 3 aromatic rings. The first-order chi connectivity index (χ1) is 9.06. The molecule has 0 aliphatic carbocycles. The largest absolute Gasteiger partial charge is 0.477 e. The van der Waals surface area contributed by atoms with Crippen LogP contribution in [0, 0.1) is 0 Å². The number of aryl methyl sites for hydroxylation is 1. The molecule has 0 radical (unpaired) electrons. The van der Waals surface area contributed by atoms with Gasteiger partial charge in [0.25, 0.3) is 0 Å². The van der Waals surface area contributed by atoms with Crippen molar-refractivity contribution in [3.8, 4) is 11.3 Å². The van der Waals surface area contributed by atoms with E-state index in [9.17, 15) is 4.79 Å². The van der Waals surface area contributed by atoms with E-state index in [2.05, 4.69) is 10.1 Å². The van der Waals surface area contributed by atoms with E-state index in [1.54, 1.807) is 25.4 Å². The first kappa shape index (κ1) is 11.8. The standard InChI is InChI=1S/C13H10ClN3O2/c1-17-12(13(18)19)5-11(16-17)9-6-15-10-4-7(14)2-3-8(9)10/h2-6,15H,1H3,(H,18,19). The summed E-state index contributed by atoms with van der Waals surface area (Å²) in [5.41, 5.74) is 2.52. The normalized spacial score (nSPS) is 11.1. The van der Waals surface area contributed by atoms with Crippen LogP contribution in [-0.4, -0.2) is 25.8 Å². The highest BCUT2D eigenvalue weighted by Gasteiger charge is 2.15. The van der Waals surface area contributed by atoms with Gasteiger partial charge in [0, 0.05) is 34.7 Å². The Morgan fingerprint density at radius 2 is 2.21 bits per heavy atom. The number of fused-ring (bicyclic) bond motifs is 1. The molecule has 0 saturated carbocycles. The molecule has 2 N–H and O–H groups in total. The summed E-state index contributed by atoms with van der Waals surface area (Å²) >= 11 is 5.93. The minimum atomic E-state index is -0.996. The number of rotatable bonds is 2. The average molecular weight is 276 g/mol. The quantitative estimate of drug-likeness (QED) is 0.755. The van der Waals surface area contributed by atoms with Crippen LogP contribution in [0.25, 0.3) is 22.2 Å². The molecule has 0 saturated heterocycles. The van der Waals surface area contributed by atoms with Gasteiger partial charge in [0.1, 0.15) is 5.69 Å². The van der Waals surface area contributed by atoms with Crippen molar-refractivity contribution in [2.45, 2.75) is 0 Å². The summed E-state index contributed by atoms with van der Waals surface area (Å²) in [7, 11) is 1.61. The Hall–Kier alpha value is -2.27. The molecule has 0 unspecified atom stereocenters. The number of aromatic nitrogens is 3. The van der Waals surface area contributed by atoms with Gasteiger partial charge in [-0.25, -0.2) is 4.79 Å². The third-order valence-electron chi connectivity index (χ3n) is 3.02. The van der Waals surface area contributed by atoms with Gasteiger partial charge in [-0.05, 0) is 18.2 Å². The molecule has 6 heteroatoms. The van der Waals surface area contributed by atoms with Crippen molar-refractivity contribution < 1.29 is 9.90 Å². The molecule has 2 heterocycles. The number of benzene rings is 1. The van der Waals surface area contributed by atoms with Gasteiger partial charge >= 0.3 is 5.97 Å². The predicted octanol–water partition coefficient (Wildman–Crippen LogP) is 2.92. The maximum absolute atomic E-state index is 11.0. The van der Waals surface area contributed by atoms with Crippen molar-refractivity contribution in [3.63, 3.8) is 0 Å². The van der Waals surface area contributed by atoms with Crippen LogP contribution < -0.4 is 0 Å². The first-order valence-corrected chi connectivity index (χ1v) is 5.98. The second-order valence-corrected chi connectivity index (χ2v) is 4.67. The Kier molecular flexibility index (Phi) is 2.57. The van der Waals surface area contributed by atoms with E-state index in [1.165, 1.54) is 4.68 Å². The minimum Gasteiger partial charge on any atom is -0.477 e. The van der Waals surface area contributed by atoms with Gasteiger partial charge in [0.2, 0.25) is 0 Å². The predicted molar refractivity (Wildman–Crippen MR) is 72.5 cm³/mol. The molecule has 1 aromatic carbocycles. The second kappa shape index (κ2) is 4.13. The Balaban J connectivity index is 2.19. The van der Waals surface area contributed by atoms with Gasteiger partial charge in [0.05, 0.1) is 5.69 Å². The Morgan fingerprint density at radius 3 is 2.89 bits per heavy atom. The topological polar surface area (TPSA) is 70.9 Å². The van der Waals surface area contributed by atoms with E-state index in [0.717, 1.165) is 16.5 Å². The maximum Gasteiger partial charge on any atom is 0.354 e. The fourth-order valence-corrected chi connectivity index (χ4v) is 2.28. The highest BCUT2D eigenvalue weighted by Crippen LogP contribution is 2.29. The number of nitrogens with one attached hydrogen (secondary N) is 1. The van der Waals surface area contributed by atoms with Gasteiger partial charge in [-0.3, -0.25) is 4.68 Å². The fourth-order valence-electron chi connectivity index (χ4n) is 2.11. The van der Waals surface area contributed by atoms with Crippen molar-refractivity contribution in [1.82, 2.24) is 14.8 Å². The zero-order chi connectivity index (χ0) is 13.6.